The number of carbonyl (C=O) groups excluding carboxylic acids is 2. The van der Waals surface area contributed by atoms with E-state index in [0.717, 1.165) is 17.7 Å². The molecular formula is C19H23N3O3. The highest BCUT2D eigenvalue weighted by Crippen LogP contribution is 2.17. The normalized spacial score (nSPS) is 10.2. The Morgan fingerprint density at radius 2 is 1.68 bits per heavy atom. The third-order valence-corrected chi connectivity index (χ3v) is 3.67. The van der Waals surface area contributed by atoms with Crippen LogP contribution in [0.25, 0.3) is 0 Å². The van der Waals surface area contributed by atoms with Gasteiger partial charge in [-0.3, -0.25) is 14.6 Å². The first kappa shape index (κ1) is 18.4. The molecule has 0 aliphatic carbocycles. The van der Waals surface area contributed by atoms with Crippen molar-refractivity contribution in [3.05, 3.63) is 59.4 Å². The fraction of sp³-hybridized carbons (Fsp3) is 0.316. The Balaban J connectivity index is 1.93. The number of nitrogens with one attached hydrogen (secondary N) is 2. The largest absolute Gasteiger partial charge is 0.496 e. The number of nitrogens with zero attached hydrogens (tertiary/aromatic N) is 1. The van der Waals surface area contributed by atoms with Crippen LogP contribution in [0.4, 0.5) is 0 Å². The van der Waals surface area contributed by atoms with E-state index in [9.17, 15) is 9.59 Å². The van der Waals surface area contributed by atoms with Crippen LogP contribution in [0.15, 0.2) is 42.7 Å². The summed E-state index contributed by atoms with van der Waals surface area (Å²) in [7, 11) is 1.62. The molecule has 2 aromatic rings. The summed E-state index contributed by atoms with van der Waals surface area (Å²) in [4.78, 5) is 28.2. The smallest absolute Gasteiger partial charge is 0.252 e. The fourth-order valence-electron chi connectivity index (χ4n) is 2.35. The molecule has 0 aliphatic rings. The van der Waals surface area contributed by atoms with Crippen molar-refractivity contribution < 1.29 is 14.3 Å². The van der Waals surface area contributed by atoms with Gasteiger partial charge in [-0.2, -0.15) is 0 Å². The summed E-state index contributed by atoms with van der Waals surface area (Å²) >= 11 is 0. The number of rotatable bonds is 8. The predicted molar refractivity (Wildman–Crippen MR) is 95.9 cm³/mol. The van der Waals surface area contributed by atoms with Gasteiger partial charge in [-0.15, -0.1) is 0 Å². The van der Waals surface area contributed by atoms with Crippen LogP contribution in [0, 0.1) is 0 Å². The van der Waals surface area contributed by atoms with Gasteiger partial charge >= 0.3 is 0 Å². The molecule has 0 aliphatic heterocycles. The zero-order valence-corrected chi connectivity index (χ0v) is 14.5. The van der Waals surface area contributed by atoms with Gasteiger partial charge in [0.25, 0.3) is 11.8 Å². The van der Waals surface area contributed by atoms with Crippen molar-refractivity contribution in [2.24, 2.45) is 0 Å². The van der Waals surface area contributed by atoms with Gasteiger partial charge in [-0.05, 0) is 30.5 Å². The summed E-state index contributed by atoms with van der Waals surface area (Å²) in [6.07, 6.45) is 4.41. The number of benzene rings is 1. The Bertz CT molecular complexity index is 731. The van der Waals surface area contributed by atoms with Crippen molar-refractivity contribution in [2.45, 2.75) is 19.8 Å². The molecule has 0 bridgehead atoms. The van der Waals surface area contributed by atoms with Crippen LogP contribution in [0.1, 0.15) is 39.6 Å². The zero-order chi connectivity index (χ0) is 18.1. The highest BCUT2D eigenvalue weighted by atomic mass is 16.5. The van der Waals surface area contributed by atoms with Gasteiger partial charge in [0.2, 0.25) is 0 Å². The van der Waals surface area contributed by atoms with E-state index in [1.54, 1.807) is 13.2 Å². The van der Waals surface area contributed by atoms with Crippen molar-refractivity contribution in [3.8, 4) is 5.75 Å². The quantitative estimate of drug-likeness (QED) is 0.771. The molecule has 1 heterocycles. The first-order chi connectivity index (χ1) is 12.2. The van der Waals surface area contributed by atoms with Crippen LogP contribution in [-0.4, -0.2) is 37.0 Å². The first-order valence-electron chi connectivity index (χ1n) is 8.29. The molecule has 0 atom stereocenters. The Kier molecular flexibility index (Phi) is 6.95. The maximum atomic E-state index is 12.3. The fourth-order valence-corrected chi connectivity index (χ4v) is 2.35. The summed E-state index contributed by atoms with van der Waals surface area (Å²) in [6, 6.07) is 9.24. The lowest BCUT2D eigenvalue weighted by atomic mass is 10.1. The lowest BCUT2D eigenvalue weighted by Gasteiger charge is -2.09. The summed E-state index contributed by atoms with van der Waals surface area (Å²) < 4.78 is 5.29. The van der Waals surface area contributed by atoms with Crippen molar-refractivity contribution >= 4 is 11.8 Å². The van der Waals surface area contributed by atoms with E-state index in [1.807, 2.05) is 31.2 Å². The van der Waals surface area contributed by atoms with E-state index in [0.29, 0.717) is 30.6 Å². The molecule has 2 N–H and O–H groups in total. The molecule has 0 saturated carbocycles. The number of carbonyl (C=O) groups is 2. The summed E-state index contributed by atoms with van der Waals surface area (Å²) in [6.45, 7) is 3.03. The van der Waals surface area contributed by atoms with Gasteiger partial charge in [0, 0.05) is 25.5 Å². The Morgan fingerprint density at radius 1 is 1.04 bits per heavy atom. The molecule has 2 rings (SSSR count). The van der Waals surface area contributed by atoms with Gasteiger partial charge in [-0.1, -0.05) is 25.1 Å². The van der Waals surface area contributed by atoms with Gasteiger partial charge in [0.15, 0.2) is 0 Å². The van der Waals surface area contributed by atoms with Crippen LogP contribution in [0.2, 0.25) is 0 Å². The third-order valence-electron chi connectivity index (χ3n) is 3.67. The number of hydrogen-bond acceptors (Lipinski definition) is 4. The van der Waals surface area contributed by atoms with Crippen LogP contribution in [-0.2, 0) is 6.42 Å². The maximum absolute atomic E-state index is 12.3. The van der Waals surface area contributed by atoms with Gasteiger partial charge in [-0.25, -0.2) is 0 Å². The van der Waals surface area contributed by atoms with Crippen molar-refractivity contribution in [2.75, 3.05) is 20.2 Å². The molecule has 2 amide bonds. The molecule has 0 fully saturated rings. The van der Waals surface area contributed by atoms with Crippen molar-refractivity contribution in [3.63, 3.8) is 0 Å². The second-order valence-corrected chi connectivity index (χ2v) is 5.54. The number of aromatic nitrogens is 1. The number of hydrogen-bond donors (Lipinski definition) is 2. The molecule has 0 saturated heterocycles. The lowest BCUT2D eigenvalue weighted by molar-refractivity contribution is 0.0953. The number of methoxy groups -OCH3 is 1. The zero-order valence-electron chi connectivity index (χ0n) is 14.5. The summed E-state index contributed by atoms with van der Waals surface area (Å²) in [5.74, 6) is 0.318. The van der Waals surface area contributed by atoms with Crippen LogP contribution < -0.4 is 15.4 Å². The van der Waals surface area contributed by atoms with Crippen molar-refractivity contribution in [1.82, 2.24) is 15.6 Å². The van der Waals surface area contributed by atoms with Gasteiger partial charge < -0.3 is 15.4 Å². The number of pyridine rings is 1. The molecular weight excluding hydrogens is 318 g/mol. The lowest BCUT2D eigenvalue weighted by Crippen LogP contribution is -2.27. The van der Waals surface area contributed by atoms with E-state index in [-0.39, 0.29) is 11.8 Å². The summed E-state index contributed by atoms with van der Waals surface area (Å²) in [5, 5.41) is 5.61. The maximum Gasteiger partial charge on any atom is 0.252 e. The first-order valence-corrected chi connectivity index (χ1v) is 8.29. The molecule has 0 radical (unpaired) electrons. The molecule has 0 spiro atoms. The van der Waals surface area contributed by atoms with E-state index >= 15 is 0 Å². The Labute approximate surface area is 147 Å². The summed E-state index contributed by atoms with van der Waals surface area (Å²) in [5.41, 5.74) is 1.77. The second-order valence-electron chi connectivity index (χ2n) is 5.54. The minimum atomic E-state index is -0.257. The van der Waals surface area contributed by atoms with E-state index in [1.165, 1.54) is 12.4 Å². The molecule has 0 unspecified atom stereocenters. The van der Waals surface area contributed by atoms with E-state index in [4.69, 9.17) is 4.74 Å². The van der Waals surface area contributed by atoms with Gasteiger partial charge in [0.05, 0.1) is 18.2 Å². The predicted octanol–water partition coefficient (Wildman–Crippen LogP) is 2.20. The second kappa shape index (κ2) is 9.42. The minimum Gasteiger partial charge on any atom is -0.496 e. The SMILES string of the molecule is CCCNC(=O)c1cncc(C(=O)NCCc2ccccc2OC)c1. The number of ether oxygens (including phenoxy) is 1. The third kappa shape index (κ3) is 5.31. The average molecular weight is 341 g/mol. The Hall–Kier alpha value is -2.89. The molecule has 6 heteroatoms. The van der Waals surface area contributed by atoms with E-state index < -0.39 is 0 Å². The monoisotopic (exact) mass is 341 g/mol. The molecule has 25 heavy (non-hydrogen) atoms. The molecule has 132 valence electrons. The van der Waals surface area contributed by atoms with Crippen molar-refractivity contribution in [1.29, 1.82) is 0 Å². The highest BCUT2D eigenvalue weighted by molar-refractivity contribution is 5.99. The molecule has 6 nitrogen and oxygen atoms in total. The minimum absolute atomic E-state index is 0.224. The van der Waals surface area contributed by atoms with Crippen LogP contribution in [0.5, 0.6) is 5.75 Å². The Morgan fingerprint density at radius 3 is 2.32 bits per heavy atom. The molecule has 1 aromatic carbocycles. The van der Waals surface area contributed by atoms with Crippen LogP contribution in [0.3, 0.4) is 0 Å². The van der Waals surface area contributed by atoms with Gasteiger partial charge in [0.1, 0.15) is 5.75 Å². The standard InChI is InChI=1S/C19H23N3O3/c1-3-9-21-18(23)15-11-16(13-20-12-15)19(24)22-10-8-14-6-4-5-7-17(14)25-2/h4-7,11-13H,3,8-10H2,1-2H3,(H,21,23)(H,22,24). The topological polar surface area (TPSA) is 80.3 Å². The van der Waals surface area contributed by atoms with E-state index in [2.05, 4.69) is 15.6 Å². The number of amides is 2. The van der Waals surface area contributed by atoms with Crippen LogP contribution >= 0.6 is 0 Å². The number of para-hydroxylation sites is 1. The molecule has 1 aromatic heterocycles. The highest BCUT2D eigenvalue weighted by Gasteiger charge is 2.11. The average Bonchev–Trinajstić information content (AvgIpc) is 2.66.